The number of hydrogen-bond acceptors (Lipinski definition) is 2. The maximum atomic E-state index is 7.79. The lowest BCUT2D eigenvalue weighted by Crippen LogP contribution is -2.25. The lowest BCUT2D eigenvalue weighted by molar-refractivity contribution is 0.739. The highest BCUT2D eigenvalue weighted by atomic mass is 79.9. The highest BCUT2D eigenvalue weighted by Crippen LogP contribution is 2.32. The van der Waals surface area contributed by atoms with Gasteiger partial charge in [-0.05, 0) is 52.7 Å². The molecule has 0 aliphatic rings. The third-order valence-electron chi connectivity index (χ3n) is 3.57. The van der Waals surface area contributed by atoms with Gasteiger partial charge in [0.05, 0.1) is 11.6 Å². The van der Waals surface area contributed by atoms with Crippen molar-refractivity contribution < 1.29 is 0 Å². The van der Waals surface area contributed by atoms with Gasteiger partial charge in [0.2, 0.25) is 0 Å². The average molecular weight is 367 g/mol. The Balaban J connectivity index is 2.40. The normalized spacial score (nSPS) is 12.0. The molecule has 0 bridgehead atoms. The van der Waals surface area contributed by atoms with Crippen LogP contribution in [0.5, 0.6) is 0 Å². The molecule has 21 heavy (non-hydrogen) atoms. The molecule has 0 saturated heterocycles. The highest BCUT2D eigenvalue weighted by molar-refractivity contribution is 9.10. The molecule has 1 atom stereocenters. The molecule has 0 amide bonds. The monoisotopic (exact) mass is 365 g/mol. The van der Waals surface area contributed by atoms with Crippen molar-refractivity contribution in [2.24, 2.45) is 5.73 Å². The summed E-state index contributed by atoms with van der Waals surface area (Å²) in [6, 6.07) is 13.7. The van der Waals surface area contributed by atoms with E-state index in [1.165, 1.54) is 0 Å². The molecule has 2 rings (SSSR count). The van der Waals surface area contributed by atoms with E-state index in [1.54, 1.807) is 0 Å². The molecular formula is C16H17BrClN3. The number of amidine groups is 1. The van der Waals surface area contributed by atoms with Gasteiger partial charge >= 0.3 is 0 Å². The predicted octanol–water partition coefficient (Wildman–Crippen LogP) is 4.58. The Labute approximate surface area is 138 Å². The van der Waals surface area contributed by atoms with E-state index in [4.69, 9.17) is 22.7 Å². The Hall–Kier alpha value is -1.52. The Morgan fingerprint density at radius 3 is 2.43 bits per heavy atom. The fourth-order valence-electron chi connectivity index (χ4n) is 2.25. The molecule has 0 fully saturated rings. The van der Waals surface area contributed by atoms with Crippen LogP contribution >= 0.6 is 27.5 Å². The molecule has 5 heteroatoms. The average Bonchev–Trinajstić information content (AvgIpc) is 2.46. The van der Waals surface area contributed by atoms with Crippen LogP contribution in [0.25, 0.3) is 0 Å². The number of nitrogens with zero attached hydrogens (tertiary/aromatic N) is 1. The summed E-state index contributed by atoms with van der Waals surface area (Å²) >= 11 is 9.40. The number of benzene rings is 2. The zero-order valence-corrected chi connectivity index (χ0v) is 14.2. The summed E-state index contributed by atoms with van der Waals surface area (Å²) in [6.07, 6.45) is 0. The standard InChI is InChI=1S/C16H17BrClN3/c1-10(11-6-8-12(18)9-7-11)21(2)14-5-3-4-13(17)15(14)16(19)20/h3-10H,1-2H3,(H3,19,20). The molecule has 0 saturated carbocycles. The second kappa shape index (κ2) is 6.50. The van der Waals surface area contributed by atoms with Crippen LogP contribution in [0.2, 0.25) is 5.02 Å². The minimum atomic E-state index is 0.0487. The lowest BCUT2D eigenvalue weighted by Gasteiger charge is -2.29. The molecule has 3 nitrogen and oxygen atoms in total. The molecule has 0 aliphatic heterocycles. The molecule has 110 valence electrons. The van der Waals surface area contributed by atoms with Crippen molar-refractivity contribution in [2.75, 3.05) is 11.9 Å². The van der Waals surface area contributed by atoms with Gasteiger partial charge in [-0.1, -0.05) is 29.8 Å². The second-order valence-corrected chi connectivity index (χ2v) is 6.18. The van der Waals surface area contributed by atoms with E-state index >= 15 is 0 Å². The summed E-state index contributed by atoms with van der Waals surface area (Å²) in [5.74, 6) is 0.0487. The quantitative estimate of drug-likeness (QED) is 0.614. The second-order valence-electron chi connectivity index (χ2n) is 4.89. The van der Waals surface area contributed by atoms with E-state index in [1.807, 2.05) is 49.5 Å². The van der Waals surface area contributed by atoms with Crippen molar-refractivity contribution in [3.63, 3.8) is 0 Å². The topological polar surface area (TPSA) is 53.1 Å². The van der Waals surface area contributed by atoms with Crippen LogP contribution in [0.3, 0.4) is 0 Å². The van der Waals surface area contributed by atoms with Crippen LogP contribution in [-0.4, -0.2) is 12.9 Å². The molecule has 0 radical (unpaired) electrons. The largest absolute Gasteiger partial charge is 0.384 e. The zero-order chi connectivity index (χ0) is 15.6. The van der Waals surface area contributed by atoms with Crippen molar-refractivity contribution in [3.05, 3.63) is 63.1 Å². The Kier molecular flexibility index (Phi) is 4.91. The van der Waals surface area contributed by atoms with Crippen LogP contribution in [0.4, 0.5) is 5.69 Å². The van der Waals surface area contributed by atoms with Crippen molar-refractivity contribution in [1.82, 2.24) is 0 Å². The minimum Gasteiger partial charge on any atom is -0.384 e. The van der Waals surface area contributed by atoms with E-state index < -0.39 is 0 Å². The predicted molar refractivity (Wildman–Crippen MR) is 93.4 cm³/mol. The number of anilines is 1. The van der Waals surface area contributed by atoms with E-state index in [2.05, 4.69) is 27.8 Å². The van der Waals surface area contributed by atoms with Gasteiger partial charge in [-0.25, -0.2) is 0 Å². The maximum Gasteiger partial charge on any atom is 0.126 e. The molecule has 0 spiro atoms. The summed E-state index contributed by atoms with van der Waals surface area (Å²) < 4.78 is 0.822. The minimum absolute atomic E-state index is 0.0487. The van der Waals surface area contributed by atoms with E-state index in [9.17, 15) is 0 Å². The van der Waals surface area contributed by atoms with E-state index in [0.29, 0.717) is 5.56 Å². The molecule has 2 aromatic rings. The van der Waals surface area contributed by atoms with Crippen LogP contribution < -0.4 is 10.6 Å². The summed E-state index contributed by atoms with van der Waals surface area (Å²) in [5, 5.41) is 8.51. The van der Waals surface area contributed by atoms with Crippen molar-refractivity contribution in [1.29, 1.82) is 5.41 Å². The van der Waals surface area contributed by atoms with Gasteiger partial charge in [-0.3, -0.25) is 5.41 Å². The number of nitrogens with two attached hydrogens (primary N) is 1. The first-order valence-electron chi connectivity index (χ1n) is 6.53. The molecule has 0 aliphatic carbocycles. The van der Waals surface area contributed by atoms with Crippen molar-refractivity contribution >= 4 is 39.1 Å². The molecule has 1 unspecified atom stereocenters. The van der Waals surface area contributed by atoms with Crippen LogP contribution in [-0.2, 0) is 0 Å². The Morgan fingerprint density at radius 1 is 1.24 bits per heavy atom. The van der Waals surface area contributed by atoms with Crippen molar-refractivity contribution in [3.8, 4) is 0 Å². The third-order valence-corrected chi connectivity index (χ3v) is 4.49. The first-order valence-corrected chi connectivity index (χ1v) is 7.70. The first-order chi connectivity index (χ1) is 9.91. The van der Waals surface area contributed by atoms with Gasteiger partial charge in [-0.15, -0.1) is 0 Å². The smallest absolute Gasteiger partial charge is 0.126 e. The molecule has 3 N–H and O–H groups in total. The maximum absolute atomic E-state index is 7.79. The third kappa shape index (κ3) is 3.39. The fourth-order valence-corrected chi connectivity index (χ4v) is 2.94. The highest BCUT2D eigenvalue weighted by Gasteiger charge is 2.18. The zero-order valence-electron chi connectivity index (χ0n) is 11.9. The Bertz CT molecular complexity index is 655. The number of nitrogen functional groups attached to an aromatic ring is 1. The summed E-state index contributed by atoms with van der Waals surface area (Å²) in [6.45, 7) is 2.11. The van der Waals surface area contributed by atoms with Gasteiger partial charge in [-0.2, -0.15) is 0 Å². The summed E-state index contributed by atoms with van der Waals surface area (Å²) in [7, 11) is 1.99. The van der Waals surface area contributed by atoms with Crippen molar-refractivity contribution in [2.45, 2.75) is 13.0 Å². The van der Waals surface area contributed by atoms with Gasteiger partial charge in [0, 0.05) is 22.2 Å². The summed E-state index contributed by atoms with van der Waals surface area (Å²) in [4.78, 5) is 2.10. The first kappa shape index (κ1) is 15.9. The summed E-state index contributed by atoms with van der Waals surface area (Å²) in [5.41, 5.74) is 8.50. The van der Waals surface area contributed by atoms with Gasteiger partial charge in [0.25, 0.3) is 0 Å². The number of nitrogens with one attached hydrogen (secondary N) is 1. The van der Waals surface area contributed by atoms with E-state index in [-0.39, 0.29) is 11.9 Å². The fraction of sp³-hybridized carbons (Fsp3) is 0.188. The van der Waals surface area contributed by atoms with E-state index in [0.717, 1.165) is 20.7 Å². The molecule has 0 aromatic heterocycles. The number of hydrogen-bond donors (Lipinski definition) is 2. The van der Waals surface area contributed by atoms with Gasteiger partial charge in [0.15, 0.2) is 0 Å². The van der Waals surface area contributed by atoms with Crippen LogP contribution in [0.1, 0.15) is 24.1 Å². The molecular weight excluding hydrogens is 350 g/mol. The van der Waals surface area contributed by atoms with Gasteiger partial charge < -0.3 is 10.6 Å². The van der Waals surface area contributed by atoms with Gasteiger partial charge in [0.1, 0.15) is 5.84 Å². The number of rotatable bonds is 4. The number of halogens is 2. The molecule has 2 aromatic carbocycles. The lowest BCUT2D eigenvalue weighted by atomic mass is 10.0. The SMILES string of the molecule is CC(c1ccc(Cl)cc1)N(C)c1cccc(Br)c1C(=N)N. The molecule has 0 heterocycles. The van der Waals surface area contributed by atoms with Crippen LogP contribution in [0.15, 0.2) is 46.9 Å². The Morgan fingerprint density at radius 2 is 1.86 bits per heavy atom. The van der Waals surface area contributed by atoms with Crippen LogP contribution in [0, 0.1) is 5.41 Å².